The van der Waals surface area contributed by atoms with Gasteiger partial charge in [-0.15, -0.1) is 0 Å². The molecule has 0 aliphatic rings. The van der Waals surface area contributed by atoms with Crippen LogP contribution in [0.25, 0.3) is 0 Å². The molecule has 0 bridgehead atoms. The van der Waals surface area contributed by atoms with Crippen LogP contribution in [0.15, 0.2) is 18.2 Å². The van der Waals surface area contributed by atoms with Crippen molar-refractivity contribution < 1.29 is 24.4 Å². The van der Waals surface area contributed by atoms with E-state index in [4.69, 9.17) is 22.4 Å². The molecule has 0 aliphatic heterocycles. The quantitative estimate of drug-likeness (QED) is 0.569. The topological polar surface area (TPSA) is 144 Å². The normalized spacial score (nSPS) is 9.95. The first-order valence-corrected chi connectivity index (χ1v) is 5.83. The van der Waals surface area contributed by atoms with E-state index < -0.39 is 41.5 Å². The highest BCUT2D eigenvalue weighted by Crippen LogP contribution is 2.25. The summed E-state index contributed by atoms with van der Waals surface area (Å²) in [7, 11) is 0. The number of nitrogens with two attached hydrogens (primary N) is 1. The first-order chi connectivity index (χ1) is 9.72. The molecule has 0 radical (unpaired) electrons. The van der Waals surface area contributed by atoms with Crippen LogP contribution in [0, 0.1) is 10.1 Å². The highest BCUT2D eigenvalue weighted by atomic mass is 35.5. The molecule has 1 rings (SSSR count). The molecule has 10 heteroatoms. The summed E-state index contributed by atoms with van der Waals surface area (Å²) < 4.78 is 0. The maximum Gasteiger partial charge on any atom is 0.323 e. The number of rotatable bonds is 6. The van der Waals surface area contributed by atoms with Crippen LogP contribution in [-0.4, -0.2) is 45.8 Å². The van der Waals surface area contributed by atoms with Gasteiger partial charge in [-0.1, -0.05) is 11.6 Å². The third-order valence-corrected chi connectivity index (χ3v) is 2.65. The maximum atomic E-state index is 12.1. The monoisotopic (exact) mass is 315 g/mol. The second-order valence-corrected chi connectivity index (χ2v) is 4.35. The van der Waals surface area contributed by atoms with Crippen molar-refractivity contribution in [3.05, 3.63) is 38.9 Å². The number of carboxylic acids is 1. The number of aliphatic carboxylic acids is 1. The number of halogens is 1. The zero-order valence-corrected chi connectivity index (χ0v) is 11.2. The van der Waals surface area contributed by atoms with Gasteiger partial charge in [0.25, 0.3) is 11.6 Å². The van der Waals surface area contributed by atoms with Crippen molar-refractivity contribution in [1.29, 1.82) is 0 Å². The van der Waals surface area contributed by atoms with Gasteiger partial charge in [0.2, 0.25) is 5.91 Å². The predicted octanol–water partition coefficient (Wildman–Crippen LogP) is 0.260. The Balaban J connectivity index is 3.08. The number of nitro benzene ring substituents is 1. The van der Waals surface area contributed by atoms with E-state index >= 15 is 0 Å². The zero-order valence-electron chi connectivity index (χ0n) is 10.5. The Morgan fingerprint density at radius 1 is 1.33 bits per heavy atom. The van der Waals surface area contributed by atoms with Crippen LogP contribution >= 0.6 is 11.6 Å². The number of hydrogen-bond acceptors (Lipinski definition) is 5. The van der Waals surface area contributed by atoms with Crippen molar-refractivity contribution in [3.63, 3.8) is 0 Å². The lowest BCUT2D eigenvalue weighted by Crippen LogP contribution is -2.41. The van der Waals surface area contributed by atoms with Gasteiger partial charge in [-0.05, 0) is 12.1 Å². The minimum atomic E-state index is -1.34. The molecule has 1 aromatic carbocycles. The summed E-state index contributed by atoms with van der Waals surface area (Å²) in [6.07, 6.45) is 0. The third-order valence-electron chi connectivity index (χ3n) is 2.35. The summed E-state index contributed by atoms with van der Waals surface area (Å²) in [6, 6.07) is 3.15. The van der Waals surface area contributed by atoms with Gasteiger partial charge in [0.1, 0.15) is 18.1 Å². The summed E-state index contributed by atoms with van der Waals surface area (Å²) in [5.74, 6) is -3.05. The summed E-state index contributed by atoms with van der Waals surface area (Å²) >= 11 is 5.66. The van der Waals surface area contributed by atoms with Crippen molar-refractivity contribution >= 4 is 35.1 Å². The largest absolute Gasteiger partial charge is 0.480 e. The van der Waals surface area contributed by atoms with Crippen molar-refractivity contribution in [2.45, 2.75) is 0 Å². The van der Waals surface area contributed by atoms with Gasteiger partial charge >= 0.3 is 5.97 Å². The number of benzene rings is 1. The SMILES string of the molecule is NC(=O)CN(CC(=O)O)C(=O)c1ccc([N+](=O)[O-])c(Cl)c1. The highest BCUT2D eigenvalue weighted by Gasteiger charge is 2.22. The van der Waals surface area contributed by atoms with E-state index in [1.807, 2.05) is 0 Å². The van der Waals surface area contributed by atoms with Gasteiger partial charge in [-0.2, -0.15) is 0 Å². The molecular formula is C11H10ClN3O6. The summed E-state index contributed by atoms with van der Waals surface area (Å²) in [4.78, 5) is 44.2. The zero-order chi connectivity index (χ0) is 16.2. The molecule has 0 saturated carbocycles. The molecule has 21 heavy (non-hydrogen) atoms. The maximum absolute atomic E-state index is 12.1. The molecule has 0 heterocycles. The first kappa shape index (κ1) is 16.4. The van der Waals surface area contributed by atoms with E-state index in [9.17, 15) is 24.5 Å². The van der Waals surface area contributed by atoms with Gasteiger partial charge in [-0.3, -0.25) is 24.5 Å². The molecule has 0 atom stereocenters. The van der Waals surface area contributed by atoms with Crippen LogP contribution in [-0.2, 0) is 9.59 Å². The highest BCUT2D eigenvalue weighted by molar-refractivity contribution is 6.33. The molecule has 0 aliphatic carbocycles. The minimum absolute atomic E-state index is 0.0897. The van der Waals surface area contributed by atoms with E-state index in [1.165, 1.54) is 0 Å². The summed E-state index contributed by atoms with van der Waals surface area (Å²) in [5, 5.41) is 19.0. The molecule has 3 N–H and O–H groups in total. The Kier molecular flexibility index (Phi) is 5.19. The van der Waals surface area contributed by atoms with Crippen LogP contribution in [0.1, 0.15) is 10.4 Å². The van der Waals surface area contributed by atoms with Crippen molar-refractivity contribution in [2.24, 2.45) is 5.73 Å². The lowest BCUT2D eigenvalue weighted by Gasteiger charge is -2.18. The van der Waals surface area contributed by atoms with Gasteiger partial charge in [-0.25, -0.2) is 0 Å². The third kappa shape index (κ3) is 4.42. The number of amides is 2. The number of carbonyl (C=O) groups is 3. The molecule has 0 fully saturated rings. The second kappa shape index (κ2) is 6.66. The summed E-state index contributed by atoms with van der Waals surface area (Å²) in [5.41, 5.74) is 4.45. The standard InChI is InChI=1S/C11H10ClN3O6/c12-7-3-6(1-2-8(7)15(20)21)11(19)14(4-9(13)16)5-10(17)18/h1-3H,4-5H2,(H2,13,16)(H,17,18). The van der Waals surface area contributed by atoms with Gasteiger partial charge in [0.15, 0.2) is 0 Å². The molecule has 0 saturated heterocycles. The van der Waals surface area contributed by atoms with Crippen molar-refractivity contribution in [1.82, 2.24) is 4.90 Å². The van der Waals surface area contributed by atoms with E-state index in [1.54, 1.807) is 0 Å². The van der Waals surface area contributed by atoms with Crippen LogP contribution in [0.3, 0.4) is 0 Å². The fraction of sp³-hybridized carbons (Fsp3) is 0.182. The van der Waals surface area contributed by atoms with E-state index in [0.717, 1.165) is 18.2 Å². The molecule has 0 spiro atoms. The number of hydrogen-bond donors (Lipinski definition) is 2. The predicted molar refractivity (Wildman–Crippen MR) is 70.8 cm³/mol. The van der Waals surface area contributed by atoms with Gasteiger partial charge in [0.05, 0.1) is 4.92 Å². The Labute approximate surface area is 123 Å². The Morgan fingerprint density at radius 3 is 2.38 bits per heavy atom. The Hall–Kier alpha value is -2.68. The fourth-order valence-corrected chi connectivity index (χ4v) is 1.77. The number of nitrogens with zero attached hydrogens (tertiary/aromatic N) is 2. The average molecular weight is 316 g/mol. The van der Waals surface area contributed by atoms with Crippen molar-refractivity contribution in [2.75, 3.05) is 13.1 Å². The molecule has 1 aromatic rings. The molecular weight excluding hydrogens is 306 g/mol. The number of nitro groups is 1. The number of carboxylic acid groups (broad SMARTS) is 1. The summed E-state index contributed by atoms with van der Waals surface area (Å²) in [6.45, 7) is -1.34. The minimum Gasteiger partial charge on any atom is -0.480 e. The van der Waals surface area contributed by atoms with Crippen LogP contribution < -0.4 is 5.73 Å². The van der Waals surface area contributed by atoms with E-state index in [-0.39, 0.29) is 10.6 Å². The molecule has 9 nitrogen and oxygen atoms in total. The van der Waals surface area contributed by atoms with Crippen LogP contribution in [0.2, 0.25) is 5.02 Å². The first-order valence-electron chi connectivity index (χ1n) is 5.45. The molecule has 2 amide bonds. The smallest absolute Gasteiger partial charge is 0.323 e. The molecule has 0 unspecified atom stereocenters. The molecule has 112 valence electrons. The lowest BCUT2D eigenvalue weighted by atomic mass is 10.1. The van der Waals surface area contributed by atoms with Crippen molar-refractivity contribution in [3.8, 4) is 0 Å². The van der Waals surface area contributed by atoms with E-state index in [2.05, 4.69) is 0 Å². The van der Waals surface area contributed by atoms with E-state index in [0.29, 0.717) is 4.90 Å². The Morgan fingerprint density at radius 2 is 1.95 bits per heavy atom. The number of primary amides is 1. The number of carbonyl (C=O) groups excluding carboxylic acids is 2. The van der Waals surface area contributed by atoms with Gasteiger partial charge < -0.3 is 15.7 Å². The van der Waals surface area contributed by atoms with Crippen LogP contribution in [0.5, 0.6) is 0 Å². The van der Waals surface area contributed by atoms with Gasteiger partial charge in [0, 0.05) is 11.6 Å². The lowest BCUT2D eigenvalue weighted by molar-refractivity contribution is -0.384. The molecule has 0 aromatic heterocycles. The second-order valence-electron chi connectivity index (χ2n) is 3.94. The van der Waals surface area contributed by atoms with Crippen LogP contribution in [0.4, 0.5) is 5.69 Å². The fourth-order valence-electron chi connectivity index (χ4n) is 1.52. The average Bonchev–Trinajstić information content (AvgIpc) is 2.35. The Bertz CT molecular complexity index is 602.